The normalized spacial score (nSPS) is 18.5. The molecule has 0 saturated heterocycles. The van der Waals surface area contributed by atoms with Gasteiger partial charge in [0.15, 0.2) is 0 Å². The maximum atomic E-state index is 12.2. The molecular formula is C13H13F3O. The highest BCUT2D eigenvalue weighted by molar-refractivity contribution is 5.63. The van der Waals surface area contributed by atoms with Crippen molar-refractivity contribution in [3.05, 3.63) is 41.0 Å². The summed E-state index contributed by atoms with van der Waals surface area (Å²) >= 11 is 0. The van der Waals surface area contributed by atoms with Crippen LogP contribution in [0.3, 0.4) is 0 Å². The van der Waals surface area contributed by atoms with Gasteiger partial charge in [0, 0.05) is 13.5 Å². The summed E-state index contributed by atoms with van der Waals surface area (Å²) in [5, 5.41) is 0. The van der Waals surface area contributed by atoms with Crippen molar-refractivity contribution < 1.29 is 17.9 Å². The Labute approximate surface area is 97.9 Å². The predicted molar refractivity (Wildman–Crippen MR) is 59.6 cm³/mol. The van der Waals surface area contributed by atoms with E-state index < -0.39 is 12.6 Å². The first kappa shape index (κ1) is 12.2. The number of benzene rings is 1. The predicted octanol–water partition coefficient (Wildman–Crippen LogP) is 3.90. The molecule has 0 amide bonds. The first-order valence-corrected chi connectivity index (χ1v) is 5.41. The number of rotatable bonds is 3. The number of hydrogen-bond donors (Lipinski definition) is 0. The van der Waals surface area contributed by atoms with Crippen molar-refractivity contribution in [3.8, 4) is 0 Å². The molecule has 1 unspecified atom stereocenters. The number of hydrogen-bond acceptors (Lipinski definition) is 1. The summed E-state index contributed by atoms with van der Waals surface area (Å²) in [5.74, 6) is 0. The van der Waals surface area contributed by atoms with Crippen molar-refractivity contribution in [1.82, 2.24) is 0 Å². The standard InChI is InChI=1S/C13H13F3O/c1-17-11-6-5-9-3-2-4-10(12(9)11)7-8-13(14,15)16/h2-6,11H,7-8H2,1H3. The van der Waals surface area contributed by atoms with Crippen LogP contribution < -0.4 is 0 Å². The molecule has 0 N–H and O–H groups in total. The van der Waals surface area contributed by atoms with E-state index in [0.717, 1.165) is 16.7 Å². The van der Waals surface area contributed by atoms with Crippen molar-refractivity contribution in [1.29, 1.82) is 0 Å². The number of aryl methyl sites for hydroxylation is 1. The van der Waals surface area contributed by atoms with Gasteiger partial charge in [-0.2, -0.15) is 13.2 Å². The average Bonchev–Trinajstić information content (AvgIpc) is 2.68. The molecule has 4 heteroatoms. The zero-order valence-electron chi connectivity index (χ0n) is 9.42. The molecule has 0 spiro atoms. The second kappa shape index (κ2) is 4.53. The molecule has 1 atom stereocenters. The van der Waals surface area contributed by atoms with Gasteiger partial charge in [-0.05, 0) is 23.1 Å². The van der Waals surface area contributed by atoms with E-state index in [1.807, 2.05) is 18.2 Å². The lowest BCUT2D eigenvalue weighted by Crippen LogP contribution is -2.10. The van der Waals surface area contributed by atoms with Crippen LogP contribution in [0.2, 0.25) is 0 Å². The summed E-state index contributed by atoms with van der Waals surface area (Å²) in [6, 6.07) is 5.42. The summed E-state index contributed by atoms with van der Waals surface area (Å²) in [4.78, 5) is 0. The maximum Gasteiger partial charge on any atom is 0.389 e. The van der Waals surface area contributed by atoms with Gasteiger partial charge in [-0.3, -0.25) is 0 Å². The molecule has 1 aliphatic carbocycles. The molecule has 92 valence electrons. The van der Waals surface area contributed by atoms with E-state index in [4.69, 9.17) is 4.74 Å². The molecule has 0 aliphatic heterocycles. The van der Waals surface area contributed by atoms with Crippen LogP contribution in [-0.2, 0) is 11.2 Å². The smallest absolute Gasteiger partial charge is 0.373 e. The molecule has 1 aromatic rings. The second-order valence-electron chi connectivity index (χ2n) is 4.05. The van der Waals surface area contributed by atoms with E-state index in [1.165, 1.54) is 0 Å². The lowest BCUT2D eigenvalue weighted by molar-refractivity contribution is -0.134. The second-order valence-corrected chi connectivity index (χ2v) is 4.05. The van der Waals surface area contributed by atoms with Gasteiger partial charge in [0.1, 0.15) is 6.10 Å². The average molecular weight is 242 g/mol. The highest BCUT2D eigenvalue weighted by atomic mass is 19.4. The van der Waals surface area contributed by atoms with Gasteiger partial charge in [0.05, 0.1) is 0 Å². The Kier molecular flexibility index (Phi) is 3.24. The van der Waals surface area contributed by atoms with Crippen LogP contribution in [0, 0.1) is 0 Å². The third-order valence-electron chi connectivity index (χ3n) is 2.90. The minimum Gasteiger partial charge on any atom is -0.373 e. The molecule has 1 aromatic carbocycles. The minimum atomic E-state index is -4.11. The molecule has 17 heavy (non-hydrogen) atoms. The summed E-state index contributed by atoms with van der Waals surface area (Å²) < 4.78 is 41.9. The summed E-state index contributed by atoms with van der Waals surface area (Å²) in [6.07, 6.45) is -1.36. The Balaban J connectivity index is 2.23. The zero-order chi connectivity index (χ0) is 12.5. The van der Waals surface area contributed by atoms with Gasteiger partial charge in [-0.25, -0.2) is 0 Å². The highest BCUT2D eigenvalue weighted by Crippen LogP contribution is 2.35. The van der Waals surface area contributed by atoms with E-state index in [1.54, 1.807) is 19.2 Å². The van der Waals surface area contributed by atoms with Crippen LogP contribution in [0.1, 0.15) is 29.2 Å². The quantitative estimate of drug-likeness (QED) is 0.781. The lowest BCUT2D eigenvalue weighted by Gasteiger charge is -2.15. The van der Waals surface area contributed by atoms with Crippen molar-refractivity contribution >= 4 is 6.08 Å². The Morgan fingerprint density at radius 2 is 2.06 bits per heavy atom. The van der Waals surface area contributed by atoms with Gasteiger partial charge in [-0.15, -0.1) is 0 Å². The molecule has 1 nitrogen and oxygen atoms in total. The van der Waals surface area contributed by atoms with E-state index in [9.17, 15) is 13.2 Å². The monoisotopic (exact) mass is 242 g/mol. The molecule has 0 heterocycles. The van der Waals surface area contributed by atoms with Crippen molar-refractivity contribution in [2.75, 3.05) is 7.11 Å². The van der Waals surface area contributed by atoms with Gasteiger partial charge in [0.2, 0.25) is 0 Å². The van der Waals surface area contributed by atoms with Crippen LogP contribution >= 0.6 is 0 Å². The van der Waals surface area contributed by atoms with Crippen LogP contribution in [0.25, 0.3) is 6.08 Å². The molecule has 0 saturated carbocycles. The van der Waals surface area contributed by atoms with E-state index in [0.29, 0.717) is 0 Å². The van der Waals surface area contributed by atoms with E-state index in [2.05, 4.69) is 0 Å². The Hall–Kier alpha value is -1.29. The lowest BCUT2D eigenvalue weighted by atomic mass is 9.97. The topological polar surface area (TPSA) is 9.23 Å². The number of alkyl halides is 3. The first-order chi connectivity index (χ1) is 8.01. The molecular weight excluding hydrogens is 229 g/mol. The molecule has 0 bridgehead atoms. The summed E-state index contributed by atoms with van der Waals surface area (Å²) in [5.41, 5.74) is 2.55. The fourth-order valence-corrected chi connectivity index (χ4v) is 2.10. The first-order valence-electron chi connectivity index (χ1n) is 5.41. The fraction of sp³-hybridized carbons (Fsp3) is 0.385. The molecule has 0 aromatic heterocycles. The van der Waals surface area contributed by atoms with E-state index >= 15 is 0 Å². The van der Waals surface area contributed by atoms with Crippen molar-refractivity contribution in [2.45, 2.75) is 25.1 Å². The number of ether oxygens (including phenoxy) is 1. The highest BCUT2D eigenvalue weighted by Gasteiger charge is 2.28. The van der Waals surface area contributed by atoms with Gasteiger partial charge >= 0.3 is 6.18 Å². The Morgan fingerprint density at radius 3 is 2.71 bits per heavy atom. The Bertz CT molecular complexity index is 435. The molecule has 0 fully saturated rings. The minimum absolute atomic E-state index is 0.00815. The molecule has 0 radical (unpaired) electrons. The van der Waals surface area contributed by atoms with Gasteiger partial charge < -0.3 is 4.74 Å². The summed E-state index contributed by atoms with van der Waals surface area (Å²) in [6.45, 7) is 0. The van der Waals surface area contributed by atoms with Gasteiger partial charge in [-0.1, -0.05) is 30.4 Å². The van der Waals surface area contributed by atoms with Crippen molar-refractivity contribution in [3.63, 3.8) is 0 Å². The maximum absolute atomic E-state index is 12.2. The molecule has 1 aliphatic rings. The zero-order valence-corrected chi connectivity index (χ0v) is 9.42. The molecule has 2 rings (SSSR count). The fourth-order valence-electron chi connectivity index (χ4n) is 2.10. The summed E-state index contributed by atoms with van der Waals surface area (Å²) in [7, 11) is 1.56. The van der Waals surface area contributed by atoms with Crippen LogP contribution in [-0.4, -0.2) is 13.3 Å². The third-order valence-corrected chi connectivity index (χ3v) is 2.90. The third kappa shape index (κ3) is 2.69. The van der Waals surface area contributed by atoms with Crippen LogP contribution in [0.5, 0.6) is 0 Å². The largest absolute Gasteiger partial charge is 0.389 e. The van der Waals surface area contributed by atoms with Crippen LogP contribution in [0.4, 0.5) is 13.2 Å². The number of methoxy groups -OCH3 is 1. The van der Waals surface area contributed by atoms with E-state index in [-0.39, 0.29) is 12.5 Å². The van der Waals surface area contributed by atoms with Crippen LogP contribution in [0.15, 0.2) is 24.3 Å². The van der Waals surface area contributed by atoms with Gasteiger partial charge in [0.25, 0.3) is 0 Å². The SMILES string of the molecule is COC1C=Cc2cccc(CCC(F)(F)F)c21. The number of fused-ring (bicyclic) bond motifs is 1. The van der Waals surface area contributed by atoms with Crippen molar-refractivity contribution in [2.24, 2.45) is 0 Å². The number of halogens is 3. The Morgan fingerprint density at radius 1 is 1.29 bits per heavy atom.